The normalized spacial score (nSPS) is 9.95. The van der Waals surface area contributed by atoms with Crippen molar-refractivity contribution < 1.29 is 14.1 Å². The van der Waals surface area contributed by atoms with Crippen LogP contribution in [-0.4, -0.2) is 20.8 Å². The Bertz CT molecular complexity index is 633. The summed E-state index contributed by atoms with van der Waals surface area (Å²) in [5, 5.41) is 13.0. The van der Waals surface area contributed by atoms with E-state index in [2.05, 4.69) is 15.3 Å². The number of carbonyl (C=O) groups is 1. The van der Waals surface area contributed by atoms with Crippen LogP contribution in [0.3, 0.4) is 0 Å². The molecular weight excluding hydrogens is 255 g/mol. The first-order valence-electron chi connectivity index (χ1n) is 5.08. The van der Waals surface area contributed by atoms with E-state index in [-0.39, 0.29) is 11.3 Å². The molecule has 2 rings (SSSR count). The van der Waals surface area contributed by atoms with E-state index in [0.717, 1.165) is 18.2 Å². The van der Waals surface area contributed by atoms with Crippen molar-refractivity contribution in [3.63, 3.8) is 0 Å². The lowest BCUT2D eigenvalue weighted by molar-refractivity contribution is -0.384. The average Bonchev–Trinajstić information content (AvgIpc) is 2.39. The van der Waals surface area contributed by atoms with Crippen molar-refractivity contribution in [1.82, 2.24) is 9.97 Å². The number of nitro groups is 1. The molecule has 7 nitrogen and oxygen atoms in total. The second kappa shape index (κ2) is 5.17. The molecule has 8 heteroatoms. The van der Waals surface area contributed by atoms with Crippen molar-refractivity contribution in [3.05, 3.63) is 58.4 Å². The van der Waals surface area contributed by atoms with Crippen LogP contribution < -0.4 is 5.32 Å². The fraction of sp³-hybridized carbons (Fsp3) is 0. The first-order valence-corrected chi connectivity index (χ1v) is 5.08. The van der Waals surface area contributed by atoms with Gasteiger partial charge in [0.1, 0.15) is 17.8 Å². The fourth-order valence-electron chi connectivity index (χ4n) is 1.38. The highest BCUT2D eigenvalue weighted by Gasteiger charge is 2.17. The number of amides is 1. The average molecular weight is 262 g/mol. The minimum Gasteiger partial charge on any atom is -0.316 e. The summed E-state index contributed by atoms with van der Waals surface area (Å²) in [6.07, 6.45) is 3.72. The Morgan fingerprint density at radius 2 is 2.00 bits per heavy atom. The van der Waals surface area contributed by atoms with Crippen LogP contribution in [0.4, 0.5) is 15.8 Å². The van der Waals surface area contributed by atoms with E-state index in [4.69, 9.17) is 0 Å². The first-order chi connectivity index (χ1) is 9.08. The Morgan fingerprint density at radius 3 is 2.63 bits per heavy atom. The molecule has 0 fully saturated rings. The van der Waals surface area contributed by atoms with E-state index in [9.17, 15) is 19.3 Å². The van der Waals surface area contributed by atoms with Gasteiger partial charge in [-0.15, -0.1) is 0 Å². The van der Waals surface area contributed by atoms with Crippen molar-refractivity contribution in [2.45, 2.75) is 0 Å². The minimum absolute atomic E-state index is 0.112. The standard InChI is InChI=1S/C11H7FN4O3/c12-8-1-2-10(16(18)19)9(3-8)15-11(17)7-4-13-6-14-5-7/h1-6H,(H,15,17). The molecule has 0 aliphatic carbocycles. The molecule has 0 aliphatic rings. The van der Waals surface area contributed by atoms with Crippen molar-refractivity contribution >= 4 is 17.3 Å². The van der Waals surface area contributed by atoms with E-state index < -0.39 is 22.3 Å². The maximum Gasteiger partial charge on any atom is 0.292 e. The summed E-state index contributed by atoms with van der Waals surface area (Å²) in [6.45, 7) is 0. The summed E-state index contributed by atoms with van der Waals surface area (Å²) in [5.74, 6) is -1.35. The summed E-state index contributed by atoms with van der Waals surface area (Å²) in [4.78, 5) is 29.1. The second-order valence-corrected chi connectivity index (χ2v) is 3.50. The lowest BCUT2D eigenvalue weighted by atomic mass is 10.2. The fourth-order valence-corrected chi connectivity index (χ4v) is 1.38. The molecule has 1 N–H and O–H groups in total. The van der Waals surface area contributed by atoms with Crippen LogP contribution in [0.15, 0.2) is 36.9 Å². The molecule has 2 aromatic rings. The summed E-state index contributed by atoms with van der Waals surface area (Å²) in [7, 11) is 0. The lowest BCUT2D eigenvalue weighted by Gasteiger charge is -2.05. The highest BCUT2D eigenvalue weighted by atomic mass is 19.1. The largest absolute Gasteiger partial charge is 0.316 e. The molecule has 1 aromatic carbocycles. The number of anilines is 1. The Kier molecular flexibility index (Phi) is 3.42. The van der Waals surface area contributed by atoms with Gasteiger partial charge < -0.3 is 5.32 Å². The number of halogens is 1. The zero-order valence-corrected chi connectivity index (χ0v) is 9.41. The topological polar surface area (TPSA) is 98.0 Å². The Balaban J connectivity index is 2.31. The quantitative estimate of drug-likeness (QED) is 0.671. The van der Waals surface area contributed by atoms with Gasteiger partial charge in [0, 0.05) is 24.5 Å². The van der Waals surface area contributed by atoms with E-state index >= 15 is 0 Å². The van der Waals surface area contributed by atoms with Gasteiger partial charge in [-0.05, 0) is 6.07 Å². The zero-order valence-electron chi connectivity index (χ0n) is 9.41. The Labute approximate surface area is 106 Å². The lowest BCUT2D eigenvalue weighted by Crippen LogP contribution is -2.13. The molecule has 0 saturated carbocycles. The van der Waals surface area contributed by atoms with E-state index in [1.54, 1.807) is 0 Å². The van der Waals surface area contributed by atoms with Crippen molar-refractivity contribution in [1.29, 1.82) is 0 Å². The SMILES string of the molecule is O=C(Nc1cc(F)ccc1[N+](=O)[O-])c1cncnc1. The van der Waals surface area contributed by atoms with Crippen LogP contribution in [0.1, 0.15) is 10.4 Å². The number of nitrogens with one attached hydrogen (secondary N) is 1. The number of hydrogen-bond acceptors (Lipinski definition) is 5. The zero-order chi connectivity index (χ0) is 13.8. The summed E-state index contributed by atoms with van der Waals surface area (Å²) < 4.78 is 13.1. The number of hydrogen-bond donors (Lipinski definition) is 1. The third-order valence-electron chi connectivity index (χ3n) is 2.23. The van der Waals surface area contributed by atoms with Crippen LogP contribution in [0.25, 0.3) is 0 Å². The molecule has 0 unspecified atom stereocenters. The highest BCUT2D eigenvalue weighted by molar-refractivity contribution is 6.04. The first kappa shape index (κ1) is 12.6. The van der Waals surface area contributed by atoms with Crippen molar-refractivity contribution in [3.8, 4) is 0 Å². The van der Waals surface area contributed by atoms with Gasteiger partial charge in [0.2, 0.25) is 0 Å². The molecule has 0 atom stereocenters. The summed E-state index contributed by atoms with van der Waals surface area (Å²) in [6, 6.07) is 2.80. The predicted octanol–water partition coefficient (Wildman–Crippen LogP) is 1.78. The number of nitrogens with zero attached hydrogens (tertiary/aromatic N) is 3. The van der Waals surface area contributed by atoms with Crippen molar-refractivity contribution in [2.75, 3.05) is 5.32 Å². The van der Waals surface area contributed by atoms with Gasteiger partial charge in [-0.25, -0.2) is 14.4 Å². The van der Waals surface area contributed by atoms with E-state index in [0.29, 0.717) is 0 Å². The number of rotatable bonds is 3. The molecule has 0 spiro atoms. The molecule has 0 radical (unpaired) electrons. The molecule has 19 heavy (non-hydrogen) atoms. The third-order valence-corrected chi connectivity index (χ3v) is 2.23. The number of carbonyl (C=O) groups excluding carboxylic acids is 1. The molecule has 0 bridgehead atoms. The molecule has 1 aromatic heterocycles. The van der Waals surface area contributed by atoms with Gasteiger partial charge in [0.05, 0.1) is 10.5 Å². The highest BCUT2D eigenvalue weighted by Crippen LogP contribution is 2.25. The number of benzene rings is 1. The molecule has 0 aliphatic heterocycles. The van der Waals surface area contributed by atoms with Gasteiger partial charge in [-0.2, -0.15) is 0 Å². The Hall–Kier alpha value is -2.90. The smallest absolute Gasteiger partial charge is 0.292 e. The monoisotopic (exact) mass is 262 g/mol. The van der Waals surface area contributed by atoms with Crippen LogP contribution in [-0.2, 0) is 0 Å². The van der Waals surface area contributed by atoms with Crippen LogP contribution in [0.5, 0.6) is 0 Å². The summed E-state index contributed by atoms with van der Waals surface area (Å²) >= 11 is 0. The Morgan fingerprint density at radius 1 is 1.32 bits per heavy atom. The molecule has 1 amide bonds. The maximum atomic E-state index is 13.1. The molecule has 0 saturated heterocycles. The van der Waals surface area contributed by atoms with E-state index in [1.165, 1.54) is 18.7 Å². The third kappa shape index (κ3) is 2.86. The van der Waals surface area contributed by atoms with Crippen LogP contribution in [0.2, 0.25) is 0 Å². The van der Waals surface area contributed by atoms with Crippen molar-refractivity contribution in [2.24, 2.45) is 0 Å². The van der Waals surface area contributed by atoms with Gasteiger partial charge in [0.25, 0.3) is 11.6 Å². The second-order valence-electron chi connectivity index (χ2n) is 3.50. The van der Waals surface area contributed by atoms with Gasteiger partial charge in [0.15, 0.2) is 0 Å². The minimum atomic E-state index is -0.712. The maximum absolute atomic E-state index is 13.1. The number of nitro benzene ring substituents is 1. The molecule has 1 heterocycles. The van der Waals surface area contributed by atoms with Crippen LogP contribution >= 0.6 is 0 Å². The van der Waals surface area contributed by atoms with Crippen LogP contribution in [0, 0.1) is 15.9 Å². The number of aromatic nitrogens is 2. The molecule has 96 valence electrons. The van der Waals surface area contributed by atoms with Gasteiger partial charge >= 0.3 is 0 Å². The van der Waals surface area contributed by atoms with Gasteiger partial charge in [-0.1, -0.05) is 0 Å². The van der Waals surface area contributed by atoms with Gasteiger partial charge in [-0.3, -0.25) is 14.9 Å². The summed E-state index contributed by atoms with van der Waals surface area (Å²) in [5.41, 5.74) is -0.508. The van der Waals surface area contributed by atoms with E-state index in [1.807, 2.05) is 0 Å². The molecular formula is C11H7FN4O3. The predicted molar refractivity (Wildman–Crippen MR) is 63.0 cm³/mol.